The summed E-state index contributed by atoms with van der Waals surface area (Å²) in [6, 6.07) is 4.17. The molecule has 0 radical (unpaired) electrons. The van der Waals surface area contributed by atoms with E-state index < -0.39 is 5.97 Å². The first-order chi connectivity index (χ1) is 12.6. The maximum Gasteiger partial charge on any atom is 0.341 e. The highest BCUT2D eigenvalue weighted by molar-refractivity contribution is 7.10. The third kappa shape index (κ3) is 2.54. The summed E-state index contributed by atoms with van der Waals surface area (Å²) in [5.41, 5.74) is 2.30. The van der Waals surface area contributed by atoms with Crippen molar-refractivity contribution in [3.8, 4) is 17.2 Å². The Hall–Kier alpha value is -2.85. The molecule has 1 aliphatic rings. The van der Waals surface area contributed by atoms with Gasteiger partial charge in [0.15, 0.2) is 0 Å². The predicted molar refractivity (Wildman–Crippen MR) is 99.4 cm³/mol. The van der Waals surface area contributed by atoms with Crippen molar-refractivity contribution in [3.63, 3.8) is 0 Å². The van der Waals surface area contributed by atoms with Crippen molar-refractivity contribution in [2.24, 2.45) is 0 Å². The number of esters is 1. The number of ether oxygens (including phenoxy) is 1. The van der Waals surface area contributed by atoms with Crippen LogP contribution in [0.3, 0.4) is 0 Å². The molecule has 0 atom stereocenters. The first-order valence-electron chi connectivity index (χ1n) is 8.47. The van der Waals surface area contributed by atoms with E-state index in [9.17, 15) is 9.59 Å². The van der Waals surface area contributed by atoms with E-state index in [1.807, 2.05) is 11.6 Å². The highest BCUT2D eigenvalue weighted by Gasteiger charge is 2.26. The number of rotatable bonds is 3. The van der Waals surface area contributed by atoms with Crippen molar-refractivity contribution in [3.05, 3.63) is 44.6 Å². The predicted octanol–water partition coefficient (Wildman–Crippen LogP) is 3.83. The Morgan fingerprint density at radius 1 is 1.42 bits per heavy atom. The largest absolute Gasteiger partial charge is 0.465 e. The number of nitrogens with zero attached hydrogens (tertiary/aromatic N) is 2. The van der Waals surface area contributed by atoms with Gasteiger partial charge >= 0.3 is 5.97 Å². The number of methoxy groups -OCH3 is 1. The molecule has 6 nitrogen and oxygen atoms in total. The molecule has 0 aliphatic heterocycles. The van der Waals surface area contributed by atoms with Crippen molar-refractivity contribution in [2.75, 3.05) is 7.11 Å². The highest BCUT2D eigenvalue weighted by Crippen LogP contribution is 2.38. The molecule has 26 heavy (non-hydrogen) atoms. The molecule has 0 amide bonds. The van der Waals surface area contributed by atoms with Gasteiger partial charge in [0.25, 0.3) is 5.56 Å². The summed E-state index contributed by atoms with van der Waals surface area (Å²) < 4.78 is 6.98. The number of nitriles is 1. The summed E-state index contributed by atoms with van der Waals surface area (Å²) in [7, 11) is 1.33. The standard InChI is InChI=1S/C19H17N3O3S/c1-25-19(24)14-8-21-18(23)16-15(11-6-13(7-20)26-10-11)9-22(17(14)16)12-4-2-3-5-12/h6,8-10,12H,2-5H2,1H3,(H,21,23). The zero-order valence-electron chi connectivity index (χ0n) is 14.2. The number of aromatic amines is 1. The third-order valence-electron chi connectivity index (χ3n) is 5.01. The van der Waals surface area contributed by atoms with Crippen LogP contribution in [0.5, 0.6) is 0 Å². The summed E-state index contributed by atoms with van der Waals surface area (Å²) >= 11 is 1.34. The Morgan fingerprint density at radius 2 is 2.19 bits per heavy atom. The molecule has 0 saturated heterocycles. The summed E-state index contributed by atoms with van der Waals surface area (Å²) in [5, 5.41) is 11.5. The van der Waals surface area contributed by atoms with Crippen LogP contribution in [0.2, 0.25) is 0 Å². The second-order valence-electron chi connectivity index (χ2n) is 6.45. The molecule has 0 unspecified atom stereocenters. The van der Waals surface area contributed by atoms with Crippen molar-refractivity contribution >= 4 is 28.2 Å². The van der Waals surface area contributed by atoms with Crippen LogP contribution in [0.25, 0.3) is 22.0 Å². The summed E-state index contributed by atoms with van der Waals surface area (Å²) in [6.07, 6.45) is 7.68. The van der Waals surface area contributed by atoms with E-state index in [1.54, 1.807) is 6.07 Å². The average molecular weight is 367 g/mol. The van der Waals surface area contributed by atoms with Gasteiger partial charge < -0.3 is 14.3 Å². The molecule has 3 aromatic rings. The first-order valence-corrected chi connectivity index (χ1v) is 9.35. The number of carbonyl (C=O) groups is 1. The second-order valence-corrected chi connectivity index (χ2v) is 7.36. The van der Waals surface area contributed by atoms with Crippen LogP contribution in [0, 0.1) is 11.3 Å². The van der Waals surface area contributed by atoms with Crippen molar-refractivity contribution in [1.82, 2.24) is 9.55 Å². The average Bonchev–Trinajstić information content (AvgIpc) is 3.39. The molecule has 0 bridgehead atoms. The van der Waals surface area contributed by atoms with E-state index in [0.29, 0.717) is 21.3 Å². The maximum atomic E-state index is 12.7. The highest BCUT2D eigenvalue weighted by atomic mass is 32.1. The van der Waals surface area contributed by atoms with Gasteiger partial charge in [-0.05, 0) is 24.5 Å². The first kappa shape index (κ1) is 16.6. The zero-order chi connectivity index (χ0) is 18.3. The lowest BCUT2D eigenvalue weighted by atomic mass is 10.1. The summed E-state index contributed by atoms with van der Waals surface area (Å²) in [5.74, 6) is -0.474. The van der Waals surface area contributed by atoms with Crippen molar-refractivity contribution < 1.29 is 9.53 Å². The lowest BCUT2D eigenvalue weighted by molar-refractivity contribution is 0.0602. The number of hydrogen-bond donors (Lipinski definition) is 1. The molecule has 3 heterocycles. The number of fused-ring (bicyclic) bond motifs is 1. The molecular formula is C19H17N3O3S. The minimum absolute atomic E-state index is 0.246. The van der Waals surface area contributed by atoms with Crippen molar-refractivity contribution in [1.29, 1.82) is 5.26 Å². The number of hydrogen-bond acceptors (Lipinski definition) is 5. The quantitative estimate of drug-likeness (QED) is 0.713. The molecule has 1 aliphatic carbocycles. The summed E-state index contributed by atoms with van der Waals surface area (Å²) in [6.45, 7) is 0. The normalized spacial score (nSPS) is 14.6. The molecule has 1 saturated carbocycles. The van der Waals surface area contributed by atoms with Crippen LogP contribution in [0.15, 0.2) is 28.6 Å². The van der Waals surface area contributed by atoms with Gasteiger partial charge in [0.05, 0.1) is 18.0 Å². The van der Waals surface area contributed by atoms with E-state index in [1.165, 1.54) is 24.6 Å². The minimum atomic E-state index is -0.474. The number of carbonyl (C=O) groups excluding carboxylic acids is 1. The van der Waals surface area contributed by atoms with Crippen LogP contribution in [0.4, 0.5) is 0 Å². The lowest BCUT2D eigenvalue weighted by Gasteiger charge is -2.14. The van der Waals surface area contributed by atoms with Gasteiger partial charge in [-0.25, -0.2) is 4.79 Å². The second kappa shape index (κ2) is 6.46. The van der Waals surface area contributed by atoms with Gasteiger partial charge in [-0.3, -0.25) is 4.79 Å². The van der Waals surface area contributed by atoms with Crippen LogP contribution in [-0.2, 0) is 4.74 Å². The van der Waals surface area contributed by atoms with E-state index in [2.05, 4.69) is 15.6 Å². The zero-order valence-corrected chi connectivity index (χ0v) is 15.1. The van der Waals surface area contributed by atoms with Gasteiger partial charge in [-0.1, -0.05) is 12.8 Å². The molecule has 7 heteroatoms. The topological polar surface area (TPSA) is 87.9 Å². The molecule has 4 rings (SSSR count). The number of H-pyrrole nitrogens is 1. The van der Waals surface area contributed by atoms with Crippen LogP contribution in [-0.4, -0.2) is 22.6 Å². The van der Waals surface area contributed by atoms with Gasteiger partial charge in [-0.15, -0.1) is 11.3 Å². The van der Waals surface area contributed by atoms with E-state index in [4.69, 9.17) is 10.00 Å². The number of nitrogens with one attached hydrogen (secondary N) is 1. The minimum Gasteiger partial charge on any atom is -0.465 e. The number of pyridine rings is 1. The molecular weight excluding hydrogens is 350 g/mol. The Balaban J connectivity index is 2.05. The number of thiophene rings is 1. The van der Waals surface area contributed by atoms with Gasteiger partial charge in [0, 0.05) is 29.4 Å². The third-order valence-corrected chi connectivity index (χ3v) is 5.84. The Kier molecular flexibility index (Phi) is 4.13. The van der Waals surface area contributed by atoms with E-state index >= 15 is 0 Å². The molecule has 1 fully saturated rings. The molecule has 0 aromatic carbocycles. The Labute approximate surface area is 153 Å². The Morgan fingerprint density at radius 3 is 2.85 bits per heavy atom. The molecule has 1 N–H and O–H groups in total. The van der Waals surface area contributed by atoms with Gasteiger partial charge in [0.1, 0.15) is 16.5 Å². The molecule has 0 spiro atoms. The smallest absolute Gasteiger partial charge is 0.341 e. The fraction of sp³-hybridized carbons (Fsp3) is 0.316. The molecule has 132 valence electrons. The van der Waals surface area contributed by atoms with Crippen LogP contribution >= 0.6 is 11.3 Å². The van der Waals surface area contributed by atoms with E-state index in [0.717, 1.165) is 36.8 Å². The van der Waals surface area contributed by atoms with Crippen molar-refractivity contribution in [2.45, 2.75) is 31.7 Å². The SMILES string of the molecule is COC(=O)c1c[nH]c(=O)c2c(-c3csc(C#N)c3)cn(C3CCCC3)c12. The van der Waals surface area contributed by atoms with Gasteiger partial charge in [-0.2, -0.15) is 5.26 Å². The Bertz CT molecular complexity index is 1090. The molecule has 3 aromatic heterocycles. The summed E-state index contributed by atoms with van der Waals surface area (Å²) in [4.78, 5) is 28.2. The fourth-order valence-corrected chi connectivity index (χ4v) is 4.49. The number of aromatic nitrogens is 2. The van der Waals surface area contributed by atoms with Gasteiger partial charge in [0.2, 0.25) is 0 Å². The fourth-order valence-electron chi connectivity index (χ4n) is 3.80. The van der Waals surface area contributed by atoms with E-state index in [-0.39, 0.29) is 11.6 Å². The lowest BCUT2D eigenvalue weighted by Crippen LogP contribution is -2.14. The monoisotopic (exact) mass is 367 g/mol. The maximum absolute atomic E-state index is 12.7. The van der Waals surface area contributed by atoms with Crippen LogP contribution in [0.1, 0.15) is 47.0 Å². The van der Waals surface area contributed by atoms with Crippen LogP contribution < -0.4 is 5.56 Å².